The standard InChI is InChI=1S/C22H40O3.2C3H7O.Al/c1-3-4-5-6-7-8-9-10-11-12-13-14-15-16-17-18-19-25-22(24)20-21(2)23;2*1-3(2)4;/h10-11,20,23H,3-9,12-19H2,1-2H3;2*3H,1-2H3;/q;2*-1;+3/p-1/b11-10-,21-20?;;;. The number of hydrogen-bond acceptors (Lipinski definition) is 5. The van der Waals surface area contributed by atoms with E-state index in [4.69, 9.17) is 4.74 Å². The summed E-state index contributed by atoms with van der Waals surface area (Å²) in [4.78, 5) is 11.1. The minimum atomic E-state index is -0.514. The Balaban J connectivity index is -0.000000430. The number of esters is 1. The second-order valence-corrected chi connectivity index (χ2v) is 8.96. The van der Waals surface area contributed by atoms with Gasteiger partial charge in [-0.15, -0.1) is 18.0 Å². The Bertz CT molecular complexity index is 433. The van der Waals surface area contributed by atoms with Gasteiger partial charge in [0, 0.05) is 6.08 Å². The van der Waals surface area contributed by atoms with Crippen molar-refractivity contribution in [1.82, 2.24) is 0 Å². The average Bonchev–Trinajstić information content (AvgIpc) is 2.69. The van der Waals surface area contributed by atoms with Crippen molar-refractivity contribution in [3.8, 4) is 0 Å². The first kappa shape index (κ1) is 40.4. The molecule has 5 nitrogen and oxygen atoms in total. The SMILES string of the molecule is CC(C)[O-].CC(C)[O-].CCCCCCCC/C=C\CCCCCCCCOC(=O)C=C(C)[O-].[Al+3]. The predicted octanol–water partition coefficient (Wildman–Crippen LogP) is 4.96. The normalized spacial score (nSPS) is 10.9. The van der Waals surface area contributed by atoms with Crippen molar-refractivity contribution in [1.29, 1.82) is 0 Å². The molecule has 0 amide bonds. The monoisotopic (exact) mass is 496 g/mol. The van der Waals surface area contributed by atoms with Gasteiger partial charge in [-0.25, -0.2) is 4.79 Å². The first-order valence-corrected chi connectivity index (χ1v) is 13.1. The molecule has 0 rings (SSSR count). The average molecular weight is 497 g/mol. The fourth-order valence-corrected chi connectivity index (χ4v) is 2.73. The quantitative estimate of drug-likeness (QED) is 0.0708. The van der Waals surface area contributed by atoms with E-state index in [9.17, 15) is 20.1 Å². The molecule has 6 heteroatoms. The summed E-state index contributed by atoms with van der Waals surface area (Å²) < 4.78 is 4.95. The molecule has 0 bridgehead atoms. The van der Waals surface area contributed by atoms with Gasteiger partial charge < -0.3 is 20.1 Å². The number of allylic oxidation sites excluding steroid dienone is 3. The number of unbranched alkanes of at least 4 members (excludes halogenated alkanes) is 12. The Morgan fingerprint density at radius 2 is 1.09 bits per heavy atom. The zero-order valence-corrected chi connectivity index (χ0v) is 24.3. The fourth-order valence-electron chi connectivity index (χ4n) is 2.73. The van der Waals surface area contributed by atoms with Crippen LogP contribution in [-0.4, -0.2) is 42.1 Å². The van der Waals surface area contributed by atoms with Crippen LogP contribution in [0.15, 0.2) is 24.0 Å². The molecular weight excluding hydrogens is 443 g/mol. The van der Waals surface area contributed by atoms with Crippen LogP contribution in [0.2, 0.25) is 0 Å². The maximum absolute atomic E-state index is 11.1. The van der Waals surface area contributed by atoms with Gasteiger partial charge in [0.1, 0.15) is 0 Å². The van der Waals surface area contributed by atoms with Gasteiger partial charge in [0.05, 0.1) is 6.61 Å². The fraction of sp³-hybridized carbons (Fsp3) is 0.821. The van der Waals surface area contributed by atoms with Crippen molar-refractivity contribution in [2.45, 2.75) is 144 Å². The van der Waals surface area contributed by atoms with E-state index >= 15 is 0 Å². The van der Waals surface area contributed by atoms with Crippen LogP contribution in [0.3, 0.4) is 0 Å². The van der Waals surface area contributed by atoms with Crippen LogP contribution in [0.25, 0.3) is 0 Å². The third kappa shape index (κ3) is 57.7. The molecule has 0 N–H and O–H groups in total. The van der Waals surface area contributed by atoms with Crippen molar-refractivity contribution < 1.29 is 24.9 Å². The Labute approximate surface area is 222 Å². The van der Waals surface area contributed by atoms with E-state index in [2.05, 4.69) is 19.1 Å². The summed E-state index contributed by atoms with van der Waals surface area (Å²) in [6.07, 6.45) is 22.5. The van der Waals surface area contributed by atoms with Gasteiger partial charge in [-0.2, -0.15) is 0 Å². The van der Waals surface area contributed by atoms with Crippen molar-refractivity contribution in [2.75, 3.05) is 6.61 Å². The minimum absolute atomic E-state index is 0. The second-order valence-electron chi connectivity index (χ2n) is 8.96. The van der Waals surface area contributed by atoms with Gasteiger partial charge in [-0.1, -0.05) is 111 Å². The molecular formula is C28H53AlO5. The van der Waals surface area contributed by atoms with Crippen molar-refractivity contribution in [3.05, 3.63) is 24.0 Å². The van der Waals surface area contributed by atoms with Crippen LogP contribution >= 0.6 is 0 Å². The summed E-state index contributed by atoms with van der Waals surface area (Å²) in [5.74, 6) is -0.772. The molecule has 0 saturated heterocycles. The predicted molar refractivity (Wildman–Crippen MR) is 140 cm³/mol. The van der Waals surface area contributed by atoms with E-state index < -0.39 is 18.2 Å². The smallest absolute Gasteiger partial charge is 0.875 e. The Kier molecular flexibility index (Phi) is 40.8. The Morgan fingerprint density at radius 3 is 1.47 bits per heavy atom. The largest absolute Gasteiger partial charge is 3.00 e. The van der Waals surface area contributed by atoms with E-state index in [0.717, 1.165) is 18.9 Å². The molecule has 0 aliphatic rings. The van der Waals surface area contributed by atoms with Crippen molar-refractivity contribution >= 4 is 23.3 Å². The summed E-state index contributed by atoms with van der Waals surface area (Å²) in [5.41, 5.74) is 0. The molecule has 0 aromatic carbocycles. The van der Waals surface area contributed by atoms with Crippen molar-refractivity contribution in [2.24, 2.45) is 0 Å². The zero-order chi connectivity index (χ0) is 25.7. The molecule has 0 aliphatic heterocycles. The van der Waals surface area contributed by atoms with Gasteiger partial charge in [-0.3, -0.25) is 0 Å². The molecule has 0 spiro atoms. The molecule has 0 aromatic heterocycles. The molecule has 0 radical (unpaired) electrons. The molecule has 198 valence electrons. The van der Waals surface area contributed by atoms with Crippen molar-refractivity contribution in [3.63, 3.8) is 0 Å². The summed E-state index contributed by atoms with van der Waals surface area (Å²) in [6, 6.07) is 0. The minimum Gasteiger partial charge on any atom is -0.875 e. The summed E-state index contributed by atoms with van der Waals surface area (Å²) in [6.45, 7) is 10.5. The van der Waals surface area contributed by atoms with Gasteiger partial charge >= 0.3 is 23.3 Å². The molecule has 0 unspecified atom stereocenters. The molecule has 0 heterocycles. The van der Waals surface area contributed by atoms with Gasteiger partial charge in [-0.05, 0) is 32.1 Å². The number of carbonyl (C=O) groups is 1. The first-order chi connectivity index (χ1) is 15.6. The van der Waals surface area contributed by atoms with Crippen LogP contribution in [0.5, 0.6) is 0 Å². The van der Waals surface area contributed by atoms with E-state index in [1.54, 1.807) is 27.7 Å². The number of hydrogen-bond donors (Lipinski definition) is 0. The van der Waals surface area contributed by atoms with E-state index in [1.165, 1.54) is 84.0 Å². The number of carbonyl (C=O) groups excluding carboxylic acids is 1. The van der Waals surface area contributed by atoms with Crippen LogP contribution < -0.4 is 15.3 Å². The third-order valence-electron chi connectivity index (χ3n) is 4.22. The Hall–Kier alpha value is -0.798. The maximum Gasteiger partial charge on any atom is 3.00 e. The van der Waals surface area contributed by atoms with Crippen LogP contribution in [0.1, 0.15) is 131 Å². The summed E-state index contributed by atoms with van der Waals surface area (Å²) in [5, 5.41) is 29.7. The maximum atomic E-state index is 11.1. The van der Waals surface area contributed by atoms with Gasteiger partial charge in [0.2, 0.25) is 0 Å². The van der Waals surface area contributed by atoms with E-state index in [0.29, 0.717) is 6.61 Å². The van der Waals surface area contributed by atoms with Crippen LogP contribution in [0, 0.1) is 0 Å². The second kappa shape index (κ2) is 34.4. The third-order valence-corrected chi connectivity index (χ3v) is 4.22. The van der Waals surface area contributed by atoms with Crippen LogP contribution in [0.4, 0.5) is 0 Å². The van der Waals surface area contributed by atoms with Gasteiger partial charge in [0.15, 0.2) is 0 Å². The van der Waals surface area contributed by atoms with Crippen LogP contribution in [-0.2, 0) is 9.53 Å². The molecule has 0 fully saturated rings. The summed E-state index contributed by atoms with van der Waals surface area (Å²) in [7, 11) is 0. The summed E-state index contributed by atoms with van der Waals surface area (Å²) >= 11 is 0. The topological polar surface area (TPSA) is 95.5 Å². The Morgan fingerprint density at radius 1 is 0.735 bits per heavy atom. The molecule has 34 heavy (non-hydrogen) atoms. The zero-order valence-electron chi connectivity index (χ0n) is 23.1. The molecule has 0 saturated carbocycles. The first-order valence-electron chi connectivity index (χ1n) is 13.1. The molecule has 0 atom stereocenters. The number of rotatable bonds is 17. The van der Waals surface area contributed by atoms with E-state index in [1.807, 2.05) is 0 Å². The number of ether oxygens (including phenoxy) is 1. The van der Waals surface area contributed by atoms with E-state index in [-0.39, 0.29) is 23.1 Å². The van der Waals surface area contributed by atoms with Gasteiger partial charge in [0.25, 0.3) is 0 Å². The molecule has 0 aromatic rings. The molecule has 0 aliphatic carbocycles.